The molecule has 0 amide bonds. The van der Waals surface area contributed by atoms with Crippen LogP contribution in [0, 0.1) is 0 Å². The van der Waals surface area contributed by atoms with Crippen molar-refractivity contribution < 1.29 is 35.2 Å². The molecule has 0 saturated heterocycles. The highest BCUT2D eigenvalue weighted by molar-refractivity contribution is 6.27. The van der Waals surface area contributed by atoms with Crippen molar-refractivity contribution in [3.63, 3.8) is 0 Å². The normalized spacial score (nSPS) is 13.4. The maximum absolute atomic E-state index is 14.2. The Bertz CT molecular complexity index is 4180. The molecule has 0 aliphatic heterocycles. The molecule has 9 heteroatoms. The Balaban J connectivity index is 1.04. The third kappa shape index (κ3) is 8.04. The number of fused-ring (bicyclic) bond motifs is 6. The van der Waals surface area contributed by atoms with Crippen molar-refractivity contribution in [1.29, 1.82) is 0 Å². The molecule has 1 atom stereocenters. The third-order valence-corrected chi connectivity index (χ3v) is 16.7. The maximum atomic E-state index is 14.2. The molecule has 0 aliphatic rings. The minimum Gasteiger partial charge on any atom is -0.455 e. The first-order valence-corrected chi connectivity index (χ1v) is 26.1. The summed E-state index contributed by atoms with van der Waals surface area (Å²) in [6.07, 6.45) is -6.09. The van der Waals surface area contributed by atoms with E-state index in [1.807, 2.05) is 35.2 Å². The molecule has 2 heterocycles. The van der Waals surface area contributed by atoms with Crippen LogP contribution in [0.5, 0.6) is 0 Å². The van der Waals surface area contributed by atoms with Crippen LogP contribution in [-0.4, -0.2) is 0 Å². The lowest BCUT2D eigenvalue weighted by atomic mass is 9.81. The second-order valence-electron chi connectivity index (χ2n) is 21.7. The van der Waals surface area contributed by atoms with E-state index in [2.05, 4.69) is 133 Å². The summed E-state index contributed by atoms with van der Waals surface area (Å²) < 4.78 is 98.7. The smallest absolute Gasteiger partial charge is 0.416 e. The summed E-state index contributed by atoms with van der Waals surface area (Å²) in [5, 5.41) is 9.61. The predicted octanol–water partition coefficient (Wildman–Crippen LogP) is 21.0. The van der Waals surface area contributed by atoms with Crippen LogP contribution < -0.4 is 4.90 Å². The number of aryl methyl sites for hydroxylation is 1. The number of hydrogen-bond acceptors (Lipinski definition) is 3. The van der Waals surface area contributed by atoms with E-state index in [1.54, 1.807) is 12.1 Å². The molecule has 12 aromatic rings. The van der Waals surface area contributed by atoms with Gasteiger partial charge in [0.05, 0.1) is 22.5 Å². The summed E-state index contributed by atoms with van der Waals surface area (Å²) in [6, 6.07) is 52.2. The highest BCUT2D eigenvalue weighted by Crippen LogP contribution is 2.50. The molecule has 0 aliphatic carbocycles. The number of alkyl halides is 6. The fourth-order valence-corrected chi connectivity index (χ4v) is 11.7. The Kier molecular flexibility index (Phi) is 11.6. The molecule has 3 nitrogen and oxygen atoms in total. The molecule has 382 valence electrons. The minimum absolute atomic E-state index is 0.115. The van der Waals surface area contributed by atoms with Gasteiger partial charge < -0.3 is 13.7 Å². The summed E-state index contributed by atoms with van der Waals surface area (Å²) in [4.78, 5) is 2.00. The first kappa shape index (κ1) is 49.1. The van der Waals surface area contributed by atoms with Gasteiger partial charge in [0.15, 0.2) is 5.58 Å². The topological polar surface area (TPSA) is 29.5 Å². The summed E-state index contributed by atoms with van der Waals surface area (Å²) >= 11 is 0. The van der Waals surface area contributed by atoms with Crippen LogP contribution >= 0.6 is 0 Å². The van der Waals surface area contributed by atoms with Crippen LogP contribution in [0.1, 0.15) is 106 Å². The molecule has 0 N–H and O–H groups in total. The van der Waals surface area contributed by atoms with E-state index in [1.165, 1.54) is 24.3 Å². The zero-order valence-electron chi connectivity index (χ0n) is 43.1. The van der Waals surface area contributed by atoms with Crippen molar-refractivity contribution in [3.05, 3.63) is 209 Å². The molecule has 1 unspecified atom stereocenters. The van der Waals surface area contributed by atoms with Crippen LogP contribution in [0.2, 0.25) is 0 Å². The van der Waals surface area contributed by atoms with E-state index < -0.39 is 23.5 Å². The molecule has 0 fully saturated rings. The Morgan fingerprint density at radius 3 is 1.49 bits per heavy atom. The summed E-state index contributed by atoms with van der Waals surface area (Å²) in [5.41, 5.74) is 8.14. The maximum Gasteiger partial charge on any atom is 0.416 e. The number of furan rings is 2. The van der Waals surface area contributed by atoms with E-state index in [4.69, 9.17) is 8.83 Å². The fraction of sp³-hybridized carbons (Fsp3) is 0.224. The van der Waals surface area contributed by atoms with E-state index >= 15 is 0 Å². The third-order valence-electron chi connectivity index (χ3n) is 16.7. The zero-order chi connectivity index (χ0) is 53.1. The van der Waals surface area contributed by atoms with E-state index in [-0.39, 0.29) is 16.7 Å². The van der Waals surface area contributed by atoms with E-state index in [0.29, 0.717) is 29.8 Å². The average Bonchev–Trinajstić information content (AvgIpc) is 4.01. The minimum atomic E-state index is -4.54. The first-order chi connectivity index (χ1) is 36.4. The number of rotatable bonds is 12. The summed E-state index contributed by atoms with van der Waals surface area (Å²) in [7, 11) is 0. The van der Waals surface area contributed by atoms with Gasteiger partial charge in [-0.1, -0.05) is 163 Å². The van der Waals surface area contributed by atoms with Gasteiger partial charge in [0, 0.05) is 49.7 Å². The molecule has 0 saturated carbocycles. The van der Waals surface area contributed by atoms with Crippen molar-refractivity contribution in [2.24, 2.45) is 0 Å². The van der Waals surface area contributed by atoms with Crippen molar-refractivity contribution in [2.45, 2.75) is 96.3 Å². The van der Waals surface area contributed by atoms with Crippen LogP contribution in [0.4, 0.5) is 43.4 Å². The van der Waals surface area contributed by atoms with Crippen molar-refractivity contribution in [1.82, 2.24) is 0 Å². The van der Waals surface area contributed by atoms with Crippen LogP contribution in [0.3, 0.4) is 0 Å². The van der Waals surface area contributed by atoms with Gasteiger partial charge in [-0.25, -0.2) is 0 Å². The second kappa shape index (κ2) is 17.9. The van der Waals surface area contributed by atoms with Crippen LogP contribution in [0.15, 0.2) is 179 Å². The van der Waals surface area contributed by atoms with Gasteiger partial charge >= 0.3 is 12.4 Å². The molecule has 0 radical (unpaired) electrons. The summed E-state index contributed by atoms with van der Waals surface area (Å²) in [6.45, 7) is 13.2. The predicted molar refractivity (Wildman–Crippen MR) is 299 cm³/mol. The Labute approximate surface area is 436 Å². The number of benzene rings is 10. The van der Waals surface area contributed by atoms with Crippen LogP contribution in [-0.2, 0) is 29.6 Å². The van der Waals surface area contributed by atoms with Gasteiger partial charge in [-0.3, -0.25) is 0 Å². The van der Waals surface area contributed by atoms with E-state index in [0.717, 1.165) is 129 Å². The van der Waals surface area contributed by atoms with Crippen molar-refractivity contribution in [2.75, 3.05) is 4.90 Å². The molecule has 76 heavy (non-hydrogen) atoms. The lowest BCUT2D eigenvalue weighted by molar-refractivity contribution is -0.138. The van der Waals surface area contributed by atoms with Gasteiger partial charge in [0.1, 0.15) is 16.7 Å². The number of hydrogen-bond donors (Lipinski definition) is 0. The Morgan fingerprint density at radius 2 is 0.908 bits per heavy atom. The average molecular weight is 1020 g/mol. The molecule has 0 bridgehead atoms. The van der Waals surface area contributed by atoms with Gasteiger partial charge in [-0.15, -0.1) is 0 Å². The molecular formula is C67H55F6NO2. The zero-order valence-corrected chi connectivity index (χ0v) is 43.1. The monoisotopic (exact) mass is 1020 g/mol. The van der Waals surface area contributed by atoms with Gasteiger partial charge in [0.25, 0.3) is 0 Å². The van der Waals surface area contributed by atoms with Crippen molar-refractivity contribution in [3.8, 4) is 0 Å². The van der Waals surface area contributed by atoms with Crippen LogP contribution in [0.25, 0.3) is 76.2 Å². The van der Waals surface area contributed by atoms with E-state index in [9.17, 15) is 26.3 Å². The molecule has 12 rings (SSSR count). The highest BCUT2D eigenvalue weighted by atomic mass is 19.4. The van der Waals surface area contributed by atoms with Gasteiger partial charge in [-0.05, 0) is 129 Å². The SMILES string of the molecule is CCC(C)(C)c1cccc2c1oc1c(CCC(c3ccc(C(F)(F)F)cc3)c3ccc4ccc5c(N(c6ccc(C(F)(F)F)cc6)c6cccc7c6oc6c(C(C)(C)CC)cccc67)ccc6ccc3c4c65)cccc12. The van der Waals surface area contributed by atoms with Gasteiger partial charge in [0.2, 0.25) is 0 Å². The number of nitrogens with zero attached hydrogens (tertiary/aromatic N) is 1. The first-order valence-electron chi connectivity index (χ1n) is 26.1. The lowest BCUT2D eigenvalue weighted by Crippen LogP contribution is -2.15. The molecule has 2 aromatic heterocycles. The highest BCUT2D eigenvalue weighted by Gasteiger charge is 2.33. The van der Waals surface area contributed by atoms with Crippen molar-refractivity contribution >= 4 is 93.3 Å². The number of para-hydroxylation sites is 4. The molecule has 10 aromatic carbocycles. The quantitative estimate of drug-likeness (QED) is 0.0902. The molecular weight excluding hydrogens is 965 g/mol. The number of anilines is 3. The second-order valence-corrected chi connectivity index (χ2v) is 21.7. The largest absolute Gasteiger partial charge is 0.455 e. The Morgan fingerprint density at radius 1 is 0.434 bits per heavy atom. The fourth-order valence-electron chi connectivity index (χ4n) is 11.7. The summed E-state index contributed by atoms with van der Waals surface area (Å²) in [5.74, 6) is -0.336. The molecule has 0 spiro atoms. The standard InChI is InChI=1S/C67H55F6NO2/c1-7-64(3,4)54-18-10-15-50-49-14-9-13-42(60(49)75-61(50)54)26-34-46(39-21-28-43(29-22-39)66(68,69)70)47-35-23-40-25-37-53-56(38-27-41-24-36-48(47)58(40)59(41)53)74(45-32-30-44(31-33-45)67(71,72)73)57-20-12-17-52-51-16-11-19-55(65(5,6)8-2)62(51)76-63(52)57/h9-25,27-33,35-38,46H,7-8,26,34H2,1-6H3. The number of halogens is 6. The lowest BCUT2D eigenvalue weighted by Gasteiger charge is -2.28. The Hall–Kier alpha value is -7.78. The van der Waals surface area contributed by atoms with Gasteiger partial charge in [-0.2, -0.15) is 26.3 Å².